The van der Waals surface area contributed by atoms with Gasteiger partial charge < -0.3 is 4.74 Å². The largest absolute Gasteiger partial charge is 0.457 e. The van der Waals surface area contributed by atoms with Crippen molar-refractivity contribution in [3.63, 3.8) is 0 Å². The number of imidazole rings is 1. The van der Waals surface area contributed by atoms with Crippen LogP contribution in [0.1, 0.15) is 0 Å². The molecule has 5 aromatic carbocycles. The first-order chi connectivity index (χ1) is 21.8. The molecule has 44 heavy (non-hydrogen) atoms. The van der Waals surface area contributed by atoms with Gasteiger partial charge in [-0.2, -0.15) is 0 Å². The molecule has 0 aliphatic heterocycles. The molecule has 0 N–H and O–H groups in total. The van der Waals surface area contributed by atoms with Crippen molar-refractivity contribution < 1.29 is 4.74 Å². The zero-order valence-electron chi connectivity index (χ0n) is 23.3. The lowest BCUT2D eigenvalue weighted by molar-refractivity contribution is 0.483. The minimum absolute atomic E-state index is 0.760. The minimum atomic E-state index is 0.760. The maximum Gasteiger partial charge on any atom is 0.145 e. The van der Waals surface area contributed by atoms with Gasteiger partial charge in [-0.1, -0.05) is 48.5 Å². The van der Waals surface area contributed by atoms with E-state index in [1.165, 1.54) is 36.5 Å². The molecule has 6 heteroatoms. The second-order valence-electron chi connectivity index (χ2n) is 11.1. The van der Waals surface area contributed by atoms with E-state index in [0.29, 0.717) is 0 Å². The Hall–Kier alpha value is -5.72. The highest BCUT2D eigenvalue weighted by Gasteiger charge is 2.19. The number of hydrogen-bond acceptors (Lipinski definition) is 4. The first-order valence-corrected chi connectivity index (χ1v) is 15.4. The predicted molar refractivity (Wildman–Crippen MR) is 182 cm³/mol. The van der Waals surface area contributed by atoms with Gasteiger partial charge >= 0.3 is 0 Å². The number of para-hydroxylation sites is 1. The molecule has 0 atom stereocenters. The van der Waals surface area contributed by atoms with E-state index in [1.807, 2.05) is 48.1 Å². The lowest BCUT2D eigenvalue weighted by atomic mass is 10.1. The first kappa shape index (κ1) is 23.8. The SMILES string of the molecule is c1cc(Oc2ccc3c4ccccc4n4ccnc4c3c2)cc(-n2c3ncccc3c3ccc4sc5ccccc5c4c32)c1. The second kappa shape index (κ2) is 8.89. The number of hydrogen-bond donors (Lipinski definition) is 0. The number of pyridine rings is 2. The van der Waals surface area contributed by atoms with Gasteiger partial charge in [0.15, 0.2) is 0 Å². The van der Waals surface area contributed by atoms with E-state index in [2.05, 4.69) is 106 Å². The van der Waals surface area contributed by atoms with Crippen LogP contribution < -0.4 is 4.74 Å². The van der Waals surface area contributed by atoms with Crippen molar-refractivity contribution >= 4 is 80.8 Å². The predicted octanol–water partition coefficient (Wildman–Crippen LogP) is 10.3. The molecular weight excluding hydrogens is 561 g/mol. The van der Waals surface area contributed by atoms with Crippen molar-refractivity contribution in [1.29, 1.82) is 0 Å². The maximum atomic E-state index is 6.56. The van der Waals surface area contributed by atoms with Crippen LogP contribution in [0, 0.1) is 0 Å². The molecule has 10 rings (SSSR count). The van der Waals surface area contributed by atoms with Crippen LogP contribution in [-0.2, 0) is 0 Å². The molecule has 0 aliphatic carbocycles. The molecule has 0 fully saturated rings. The van der Waals surface area contributed by atoms with Crippen LogP contribution >= 0.6 is 11.3 Å². The van der Waals surface area contributed by atoms with Gasteiger partial charge in [0.1, 0.15) is 22.8 Å². The number of ether oxygens (including phenoxy) is 1. The summed E-state index contributed by atoms with van der Waals surface area (Å²) in [7, 11) is 0. The summed E-state index contributed by atoms with van der Waals surface area (Å²) in [4.78, 5) is 9.57. The van der Waals surface area contributed by atoms with Crippen molar-refractivity contribution in [2.45, 2.75) is 0 Å². The highest BCUT2D eigenvalue weighted by atomic mass is 32.1. The van der Waals surface area contributed by atoms with Crippen LogP contribution in [0.4, 0.5) is 0 Å². The van der Waals surface area contributed by atoms with Crippen molar-refractivity contribution in [3.05, 3.63) is 134 Å². The van der Waals surface area contributed by atoms with Gasteiger partial charge in [0.05, 0.1) is 16.7 Å². The van der Waals surface area contributed by atoms with Crippen LogP contribution in [0.2, 0.25) is 0 Å². The summed E-state index contributed by atoms with van der Waals surface area (Å²) in [5.41, 5.74) is 5.17. The summed E-state index contributed by atoms with van der Waals surface area (Å²) in [6, 6.07) is 40.4. The Kier molecular flexibility index (Phi) is 4.81. The average Bonchev–Trinajstić information content (AvgIpc) is 3.79. The van der Waals surface area contributed by atoms with E-state index in [9.17, 15) is 0 Å². The highest BCUT2D eigenvalue weighted by molar-refractivity contribution is 7.26. The molecule has 0 saturated carbocycles. The minimum Gasteiger partial charge on any atom is -0.457 e. The fourth-order valence-electron chi connectivity index (χ4n) is 6.83. The lowest BCUT2D eigenvalue weighted by Crippen LogP contribution is -1.96. The van der Waals surface area contributed by atoms with Crippen molar-refractivity contribution in [2.24, 2.45) is 0 Å². The van der Waals surface area contributed by atoms with Crippen LogP contribution in [0.5, 0.6) is 11.5 Å². The first-order valence-electron chi connectivity index (χ1n) is 14.6. The van der Waals surface area contributed by atoms with Gasteiger partial charge in [-0.05, 0) is 66.0 Å². The Morgan fingerprint density at radius 1 is 0.545 bits per heavy atom. The quantitative estimate of drug-likeness (QED) is 0.195. The topological polar surface area (TPSA) is 44.4 Å². The van der Waals surface area contributed by atoms with Crippen LogP contribution in [0.25, 0.3) is 75.1 Å². The third kappa shape index (κ3) is 3.28. The molecule has 5 heterocycles. The summed E-state index contributed by atoms with van der Waals surface area (Å²) >= 11 is 1.83. The fraction of sp³-hybridized carbons (Fsp3) is 0. The summed E-state index contributed by atoms with van der Waals surface area (Å²) < 4.78 is 13.5. The molecule has 0 bridgehead atoms. The molecule has 0 amide bonds. The maximum absolute atomic E-state index is 6.56. The zero-order valence-corrected chi connectivity index (χ0v) is 24.1. The Bertz CT molecular complexity index is 2770. The molecule has 0 aliphatic rings. The van der Waals surface area contributed by atoms with Gasteiger partial charge in [-0.15, -0.1) is 11.3 Å². The Balaban J connectivity index is 1.17. The van der Waals surface area contributed by atoms with Gasteiger partial charge in [0, 0.05) is 66.4 Å². The van der Waals surface area contributed by atoms with Crippen LogP contribution in [0.3, 0.4) is 0 Å². The molecule has 10 aromatic rings. The lowest BCUT2D eigenvalue weighted by Gasteiger charge is -2.13. The number of rotatable bonds is 3. The molecule has 0 saturated heterocycles. The van der Waals surface area contributed by atoms with Gasteiger partial charge in [0.2, 0.25) is 0 Å². The Morgan fingerprint density at radius 3 is 2.34 bits per heavy atom. The fourth-order valence-corrected chi connectivity index (χ4v) is 7.94. The van der Waals surface area contributed by atoms with Crippen LogP contribution in [0.15, 0.2) is 134 Å². The smallest absolute Gasteiger partial charge is 0.145 e. The molecule has 5 aromatic heterocycles. The number of aromatic nitrogens is 4. The monoisotopic (exact) mass is 582 g/mol. The number of benzene rings is 5. The third-order valence-electron chi connectivity index (χ3n) is 8.67. The molecule has 0 unspecified atom stereocenters. The molecule has 0 spiro atoms. The van der Waals surface area contributed by atoms with E-state index in [1.54, 1.807) is 0 Å². The van der Waals surface area contributed by atoms with Crippen molar-refractivity contribution in [2.75, 3.05) is 0 Å². The molecular formula is C38H22N4OS. The Morgan fingerprint density at radius 2 is 1.36 bits per heavy atom. The average molecular weight is 583 g/mol. The summed E-state index contributed by atoms with van der Waals surface area (Å²) in [6.45, 7) is 0. The Labute approximate surface area is 254 Å². The third-order valence-corrected chi connectivity index (χ3v) is 9.80. The van der Waals surface area contributed by atoms with Gasteiger partial charge in [0.25, 0.3) is 0 Å². The molecule has 5 nitrogen and oxygen atoms in total. The molecule has 0 radical (unpaired) electrons. The summed E-state index contributed by atoms with van der Waals surface area (Å²) in [5.74, 6) is 1.52. The van der Waals surface area contributed by atoms with E-state index < -0.39 is 0 Å². The van der Waals surface area contributed by atoms with E-state index >= 15 is 0 Å². The molecule has 206 valence electrons. The highest BCUT2D eigenvalue weighted by Crippen LogP contribution is 2.43. The standard InChI is InChI=1S/C38H22N4OS/c1-3-12-32-27(9-1)26-15-14-25(22-31(26)37-40-19-20-41(32)37)43-24-8-5-7-23(21-24)42-36-28(29-11-6-18-39-38(29)42)16-17-34-35(36)30-10-2-4-13-33(30)44-34/h1-22H. The number of thiophene rings is 1. The summed E-state index contributed by atoms with van der Waals surface area (Å²) in [6.07, 6.45) is 5.74. The van der Waals surface area contributed by atoms with E-state index in [-0.39, 0.29) is 0 Å². The number of fused-ring (bicyclic) bond motifs is 13. The summed E-state index contributed by atoms with van der Waals surface area (Å²) in [5, 5.41) is 8.26. The van der Waals surface area contributed by atoms with Crippen molar-refractivity contribution in [3.8, 4) is 17.2 Å². The zero-order chi connectivity index (χ0) is 28.8. The van der Waals surface area contributed by atoms with Crippen LogP contribution in [-0.4, -0.2) is 18.9 Å². The van der Waals surface area contributed by atoms with E-state index in [4.69, 9.17) is 14.7 Å². The van der Waals surface area contributed by atoms with Crippen molar-refractivity contribution in [1.82, 2.24) is 18.9 Å². The second-order valence-corrected chi connectivity index (χ2v) is 12.2. The van der Waals surface area contributed by atoms with Gasteiger partial charge in [-0.3, -0.25) is 8.97 Å². The van der Waals surface area contributed by atoms with E-state index in [0.717, 1.165) is 50.2 Å². The normalized spacial score (nSPS) is 12.1. The number of nitrogens with zero attached hydrogens (tertiary/aromatic N) is 4. The van der Waals surface area contributed by atoms with Gasteiger partial charge in [-0.25, -0.2) is 9.97 Å².